The molecule has 0 bridgehead atoms. The normalized spacial score (nSPS) is 11.9. The lowest BCUT2D eigenvalue weighted by Crippen LogP contribution is -2.39. The van der Waals surface area contributed by atoms with E-state index in [1.165, 1.54) is 7.11 Å². The Kier molecular flexibility index (Phi) is 4.81. The summed E-state index contributed by atoms with van der Waals surface area (Å²) in [6.45, 7) is 0.397. The Morgan fingerprint density at radius 1 is 1.35 bits per heavy atom. The molecule has 1 aromatic rings. The van der Waals surface area contributed by atoms with Crippen LogP contribution in [0.2, 0.25) is 0 Å². The summed E-state index contributed by atoms with van der Waals surface area (Å²) in [5.74, 6) is -1.21. The lowest BCUT2D eigenvalue weighted by molar-refractivity contribution is -0.140. The molecule has 0 amide bonds. The van der Waals surface area contributed by atoms with Gasteiger partial charge >= 0.3 is 5.97 Å². The van der Waals surface area contributed by atoms with Gasteiger partial charge in [-0.3, -0.25) is 4.79 Å². The quantitative estimate of drug-likeness (QED) is 0.459. The minimum Gasteiger partial charge on any atom is -0.468 e. The molecule has 5 heteroatoms. The number of Topliss-reactive ketones (excluding diaryl/α,β-unsaturated/α-hetero) is 1. The monoisotopic (exact) mass is 237 g/mol. The number of esters is 1. The van der Waals surface area contributed by atoms with Crippen molar-refractivity contribution in [2.45, 2.75) is 12.6 Å². The van der Waals surface area contributed by atoms with Gasteiger partial charge in [-0.1, -0.05) is 18.2 Å². The SMILES string of the molecule is COCc1cccc(C(=O)C(N)C(=O)OC)c1. The fraction of sp³-hybridized carbons (Fsp3) is 0.333. The van der Waals surface area contributed by atoms with Crippen molar-refractivity contribution in [3.8, 4) is 0 Å². The maximum absolute atomic E-state index is 11.8. The van der Waals surface area contributed by atoms with Gasteiger partial charge in [-0.15, -0.1) is 0 Å². The molecular formula is C12H15NO4. The van der Waals surface area contributed by atoms with Crippen LogP contribution in [0.3, 0.4) is 0 Å². The second-order valence-corrected chi connectivity index (χ2v) is 3.50. The Morgan fingerprint density at radius 3 is 2.65 bits per heavy atom. The molecule has 0 aliphatic rings. The topological polar surface area (TPSA) is 78.6 Å². The average molecular weight is 237 g/mol. The summed E-state index contributed by atoms with van der Waals surface area (Å²) in [6, 6.07) is 5.51. The first kappa shape index (κ1) is 13.3. The summed E-state index contributed by atoms with van der Waals surface area (Å²) in [5, 5.41) is 0. The van der Waals surface area contributed by atoms with Crippen molar-refractivity contribution in [1.82, 2.24) is 0 Å². The molecule has 92 valence electrons. The van der Waals surface area contributed by atoms with Crippen molar-refractivity contribution < 1.29 is 19.1 Å². The van der Waals surface area contributed by atoms with Crippen LogP contribution in [0.15, 0.2) is 24.3 Å². The van der Waals surface area contributed by atoms with Crippen LogP contribution in [-0.2, 0) is 20.9 Å². The zero-order chi connectivity index (χ0) is 12.8. The minimum absolute atomic E-state index is 0.373. The highest BCUT2D eigenvalue weighted by atomic mass is 16.5. The van der Waals surface area contributed by atoms with E-state index in [0.29, 0.717) is 12.2 Å². The first-order valence-corrected chi connectivity index (χ1v) is 5.05. The molecule has 2 N–H and O–H groups in total. The predicted octanol–water partition coefficient (Wildman–Crippen LogP) is 0.516. The molecule has 0 saturated carbocycles. The first-order chi connectivity index (χ1) is 8.10. The van der Waals surface area contributed by atoms with Crippen LogP contribution in [0.5, 0.6) is 0 Å². The molecule has 0 radical (unpaired) electrons. The zero-order valence-corrected chi connectivity index (χ0v) is 9.80. The summed E-state index contributed by atoms with van der Waals surface area (Å²) in [7, 11) is 2.76. The lowest BCUT2D eigenvalue weighted by Gasteiger charge is -2.09. The average Bonchev–Trinajstić information content (AvgIpc) is 2.36. The minimum atomic E-state index is -1.28. The predicted molar refractivity (Wildman–Crippen MR) is 61.5 cm³/mol. The molecule has 0 aliphatic heterocycles. The maximum atomic E-state index is 11.8. The van der Waals surface area contributed by atoms with Gasteiger partial charge < -0.3 is 15.2 Å². The number of ether oxygens (including phenoxy) is 2. The van der Waals surface area contributed by atoms with Crippen molar-refractivity contribution in [2.24, 2.45) is 5.73 Å². The summed E-state index contributed by atoms with van der Waals surface area (Å²) in [6.07, 6.45) is 0. The van der Waals surface area contributed by atoms with Crippen LogP contribution in [0.25, 0.3) is 0 Å². The molecule has 0 heterocycles. The molecular weight excluding hydrogens is 222 g/mol. The van der Waals surface area contributed by atoms with Crippen molar-refractivity contribution in [1.29, 1.82) is 0 Å². The van der Waals surface area contributed by atoms with Gasteiger partial charge in [0.05, 0.1) is 13.7 Å². The molecule has 17 heavy (non-hydrogen) atoms. The largest absolute Gasteiger partial charge is 0.468 e. The molecule has 1 atom stereocenters. The van der Waals surface area contributed by atoms with E-state index in [0.717, 1.165) is 5.56 Å². The number of benzene rings is 1. The molecule has 0 aliphatic carbocycles. The second-order valence-electron chi connectivity index (χ2n) is 3.50. The van der Waals surface area contributed by atoms with Crippen LogP contribution in [0.4, 0.5) is 0 Å². The fourth-order valence-corrected chi connectivity index (χ4v) is 1.39. The van der Waals surface area contributed by atoms with E-state index in [1.54, 1.807) is 25.3 Å². The summed E-state index contributed by atoms with van der Waals surface area (Å²) < 4.78 is 9.38. The van der Waals surface area contributed by atoms with Crippen molar-refractivity contribution >= 4 is 11.8 Å². The fourth-order valence-electron chi connectivity index (χ4n) is 1.39. The summed E-state index contributed by atoms with van der Waals surface area (Å²) in [5.41, 5.74) is 6.69. The first-order valence-electron chi connectivity index (χ1n) is 5.05. The highest BCUT2D eigenvalue weighted by Crippen LogP contribution is 2.09. The van der Waals surface area contributed by atoms with Crippen LogP contribution < -0.4 is 5.73 Å². The third-order valence-corrected chi connectivity index (χ3v) is 2.26. The van der Waals surface area contributed by atoms with Gasteiger partial charge in [0, 0.05) is 12.7 Å². The van der Waals surface area contributed by atoms with Gasteiger partial charge in [0.25, 0.3) is 0 Å². The van der Waals surface area contributed by atoms with Crippen LogP contribution in [0.1, 0.15) is 15.9 Å². The van der Waals surface area contributed by atoms with Gasteiger partial charge in [-0.05, 0) is 11.6 Å². The lowest BCUT2D eigenvalue weighted by atomic mass is 10.0. The van der Waals surface area contributed by atoms with Gasteiger partial charge in [0.2, 0.25) is 0 Å². The molecule has 1 rings (SSSR count). The number of methoxy groups -OCH3 is 2. The number of nitrogens with two attached hydrogens (primary N) is 1. The number of carbonyl (C=O) groups is 2. The number of ketones is 1. The third kappa shape index (κ3) is 3.37. The van der Waals surface area contributed by atoms with Crippen LogP contribution in [-0.4, -0.2) is 32.0 Å². The van der Waals surface area contributed by atoms with E-state index in [1.807, 2.05) is 6.07 Å². The Balaban J connectivity index is 2.88. The van der Waals surface area contributed by atoms with Crippen molar-refractivity contribution in [3.63, 3.8) is 0 Å². The van der Waals surface area contributed by atoms with E-state index in [4.69, 9.17) is 10.5 Å². The number of rotatable bonds is 5. The van der Waals surface area contributed by atoms with E-state index in [2.05, 4.69) is 4.74 Å². The van der Waals surface area contributed by atoms with Crippen molar-refractivity contribution in [3.05, 3.63) is 35.4 Å². The Labute approximate surface area is 99.5 Å². The molecule has 0 aromatic heterocycles. The second kappa shape index (κ2) is 6.12. The van der Waals surface area contributed by atoms with Gasteiger partial charge in [-0.2, -0.15) is 0 Å². The van der Waals surface area contributed by atoms with E-state index < -0.39 is 17.8 Å². The third-order valence-electron chi connectivity index (χ3n) is 2.26. The Bertz CT molecular complexity index is 417. The van der Waals surface area contributed by atoms with Crippen molar-refractivity contribution in [2.75, 3.05) is 14.2 Å². The molecule has 0 fully saturated rings. The highest BCUT2D eigenvalue weighted by Gasteiger charge is 2.24. The van der Waals surface area contributed by atoms with Gasteiger partial charge in [-0.25, -0.2) is 4.79 Å². The van der Waals surface area contributed by atoms with Gasteiger partial charge in [0.1, 0.15) is 0 Å². The smallest absolute Gasteiger partial charge is 0.330 e. The van der Waals surface area contributed by atoms with Crippen LogP contribution in [0, 0.1) is 0 Å². The standard InChI is InChI=1S/C12H15NO4/c1-16-7-8-4-3-5-9(6-8)11(14)10(13)12(15)17-2/h3-6,10H,7,13H2,1-2H3. The van der Waals surface area contributed by atoms with Gasteiger partial charge in [0.15, 0.2) is 11.8 Å². The number of carbonyl (C=O) groups excluding carboxylic acids is 2. The zero-order valence-electron chi connectivity index (χ0n) is 9.80. The molecule has 0 spiro atoms. The Morgan fingerprint density at radius 2 is 2.06 bits per heavy atom. The number of hydrogen-bond acceptors (Lipinski definition) is 5. The molecule has 1 unspecified atom stereocenters. The molecule has 0 saturated heterocycles. The van der Waals surface area contributed by atoms with E-state index >= 15 is 0 Å². The van der Waals surface area contributed by atoms with E-state index in [9.17, 15) is 9.59 Å². The highest BCUT2D eigenvalue weighted by molar-refractivity contribution is 6.11. The Hall–Kier alpha value is -1.72. The molecule has 5 nitrogen and oxygen atoms in total. The summed E-state index contributed by atoms with van der Waals surface area (Å²) >= 11 is 0. The summed E-state index contributed by atoms with van der Waals surface area (Å²) in [4.78, 5) is 23.0. The maximum Gasteiger partial charge on any atom is 0.330 e. The number of hydrogen-bond donors (Lipinski definition) is 1. The van der Waals surface area contributed by atoms with Crippen LogP contribution >= 0.6 is 0 Å². The molecule has 1 aromatic carbocycles. The van der Waals surface area contributed by atoms with E-state index in [-0.39, 0.29) is 0 Å².